The van der Waals surface area contributed by atoms with Gasteiger partial charge in [0.1, 0.15) is 0 Å². The van der Waals surface area contributed by atoms with Crippen LogP contribution < -0.4 is 10.6 Å². The average molecular weight is 295 g/mol. The summed E-state index contributed by atoms with van der Waals surface area (Å²) in [5.41, 5.74) is 1.11. The summed E-state index contributed by atoms with van der Waals surface area (Å²) in [7, 11) is 0. The maximum atomic E-state index is 11.6. The average Bonchev–Trinajstić information content (AvgIpc) is 2.35. The molecule has 0 bridgehead atoms. The van der Waals surface area contributed by atoms with E-state index in [9.17, 15) is 19.7 Å². The van der Waals surface area contributed by atoms with Crippen LogP contribution in [0.15, 0.2) is 18.2 Å². The van der Waals surface area contributed by atoms with E-state index < -0.39 is 23.0 Å². The van der Waals surface area contributed by atoms with Crippen molar-refractivity contribution in [1.82, 2.24) is 10.6 Å². The molecule has 0 saturated carbocycles. The molecule has 1 aromatic rings. The van der Waals surface area contributed by atoms with E-state index in [0.717, 1.165) is 0 Å². The molecule has 21 heavy (non-hydrogen) atoms. The molecule has 114 valence electrons. The highest BCUT2D eigenvalue weighted by Gasteiger charge is 2.14. The molecule has 1 aromatic carbocycles. The van der Waals surface area contributed by atoms with Gasteiger partial charge < -0.3 is 15.7 Å². The Morgan fingerprint density at radius 1 is 1.43 bits per heavy atom. The maximum Gasteiger partial charge on any atom is 0.315 e. The van der Waals surface area contributed by atoms with Gasteiger partial charge in [0.25, 0.3) is 5.69 Å². The number of nitro benzene ring substituents is 1. The van der Waals surface area contributed by atoms with E-state index in [1.54, 1.807) is 26.0 Å². The van der Waals surface area contributed by atoms with Gasteiger partial charge in [-0.1, -0.05) is 12.1 Å². The summed E-state index contributed by atoms with van der Waals surface area (Å²) in [6.07, 6.45) is -0.177. The molecule has 1 rings (SSSR count). The maximum absolute atomic E-state index is 11.6. The molecule has 0 fully saturated rings. The molecule has 0 heterocycles. The Morgan fingerprint density at radius 3 is 2.67 bits per heavy atom. The second-order valence-corrected chi connectivity index (χ2v) is 4.64. The Bertz CT molecular complexity index is 559. The van der Waals surface area contributed by atoms with Gasteiger partial charge in [-0.2, -0.15) is 0 Å². The fourth-order valence-electron chi connectivity index (χ4n) is 1.82. The zero-order valence-electron chi connectivity index (χ0n) is 11.8. The number of urea groups is 1. The second kappa shape index (κ2) is 7.22. The van der Waals surface area contributed by atoms with Crippen LogP contribution >= 0.6 is 0 Å². The normalized spacial score (nSPS) is 11.5. The molecular weight excluding hydrogens is 278 g/mol. The van der Waals surface area contributed by atoms with Crippen LogP contribution in [-0.2, 0) is 11.3 Å². The van der Waals surface area contributed by atoms with Gasteiger partial charge in [0, 0.05) is 24.2 Å². The van der Waals surface area contributed by atoms with Gasteiger partial charge in [-0.15, -0.1) is 0 Å². The minimum Gasteiger partial charge on any atom is -0.481 e. The third-order valence-corrected chi connectivity index (χ3v) is 2.91. The summed E-state index contributed by atoms with van der Waals surface area (Å²) >= 11 is 0. The number of aliphatic carboxylic acids is 1. The number of amides is 2. The minimum atomic E-state index is -1.00. The summed E-state index contributed by atoms with van der Waals surface area (Å²) in [5.74, 6) is -1.00. The van der Waals surface area contributed by atoms with Gasteiger partial charge in [0.15, 0.2) is 0 Å². The summed E-state index contributed by atoms with van der Waals surface area (Å²) in [5, 5.41) is 24.4. The molecule has 0 saturated heterocycles. The Labute approximate surface area is 121 Å². The predicted octanol–water partition coefficient (Wildman–Crippen LogP) is 1.57. The number of nitrogens with zero attached hydrogens (tertiary/aromatic N) is 1. The number of carbonyl (C=O) groups is 2. The lowest BCUT2D eigenvalue weighted by molar-refractivity contribution is -0.385. The van der Waals surface area contributed by atoms with Crippen molar-refractivity contribution in [3.63, 3.8) is 0 Å². The third kappa shape index (κ3) is 5.09. The molecule has 0 spiro atoms. The van der Waals surface area contributed by atoms with Gasteiger partial charge in [-0.05, 0) is 19.4 Å². The SMILES string of the molecule is Cc1c(CNC(=O)NC(C)CC(=O)O)cccc1[N+](=O)[O-]. The summed E-state index contributed by atoms with van der Waals surface area (Å²) < 4.78 is 0. The van der Waals surface area contributed by atoms with Crippen molar-refractivity contribution < 1.29 is 19.6 Å². The third-order valence-electron chi connectivity index (χ3n) is 2.91. The number of nitrogens with one attached hydrogen (secondary N) is 2. The number of hydrogen-bond acceptors (Lipinski definition) is 4. The lowest BCUT2D eigenvalue weighted by Crippen LogP contribution is -2.41. The second-order valence-electron chi connectivity index (χ2n) is 4.64. The highest BCUT2D eigenvalue weighted by Crippen LogP contribution is 2.20. The smallest absolute Gasteiger partial charge is 0.315 e. The van der Waals surface area contributed by atoms with Crippen molar-refractivity contribution in [2.45, 2.75) is 32.9 Å². The van der Waals surface area contributed by atoms with Crippen LogP contribution in [0.4, 0.5) is 10.5 Å². The monoisotopic (exact) mass is 295 g/mol. The molecule has 0 aromatic heterocycles. The summed E-state index contributed by atoms with van der Waals surface area (Å²) in [4.78, 5) is 32.4. The number of carbonyl (C=O) groups excluding carboxylic acids is 1. The van der Waals surface area contributed by atoms with Crippen molar-refractivity contribution in [3.8, 4) is 0 Å². The first-order valence-corrected chi connectivity index (χ1v) is 6.30. The van der Waals surface area contributed by atoms with E-state index in [1.807, 2.05) is 0 Å². The number of carboxylic acid groups (broad SMARTS) is 1. The standard InChI is InChI=1S/C13H17N3O5/c1-8(6-12(17)18)15-13(19)14-7-10-4-3-5-11(9(10)2)16(20)21/h3-5,8H,6-7H2,1-2H3,(H,17,18)(H2,14,15,19). The van der Waals surface area contributed by atoms with Crippen molar-refractivity contribution >= 4 is 17.7 Å². The van der Waals surface area contributed by atoms with E-state index in [4.69, 9.17) is 5.11 Å². The quantitative estimate of drug-likeness (QED) is 0.543. The van der Waals surface area contributed by atoms with Gasteiger partial charge in [-0.25, -0.2) is 4.79 Å². The molecule has 3 N–H and O–H groups in total. The number of hydrogen-bond donors (Lipinski definition) is 3. The lowest BCUT2D eigenvalue weighted by atomic mass is 10.1. The first-order chi connectivity index (χ1) is 9.81. The van der Waals surface area contributed by atoms with E-state index in [-0.39, 0.29) is 18.7 Å². The molecular formula is C13H17N3O5. The fourth-order valence-corrected chi connectivity index (χ4v) is 1.82. The van der Waals surface area contributed by atoms with Crippen molar-refractivity contribution in [2.24, 2.45) is 0 Å². The number of nitro groups is 1. The van der Waals surface area contributed by atoms with Crippen LogP contribution in [0.25, 0.3) is 0 Å². The van der Waals surface area contributed by atoms with Gasteiger partial charge >= 0.3 is 12.0 Å². The van der Waals surface area contributed by atoms with Crippen LogP contribution in [0.3, 0.4) is 0 Å². The Kier molecular flexibility index (Phi) is 5.65. The Balaban J connectivity index is 2.59. The molecule has 0 aliphatic rings. The molecule has 0 radical (unpaired) electrons. The van der Waals surface area contributed by atoms with Gasteiger partial charge in [0.05, 0.1) is 11.3 Å². The fraction of sp³-hybridized carbons (Fsp3) is 0.385. The molecule has 8 heteroatoms. The first kappa shape index (κ1) is 16.4. The highest BCUT2D eigenvalue weighted by molar-refractivity contribution is 5.75. The lowest BCUT2D eigenvalue weighted by Gasteiger charge is -2.13. The zero-order chi connectivity index (χ0) is 16.0. The van der Waals surface area contributed by atoms with E-state index >= 15 is 0 Å². The topological polar surface area (TPSA) is 122 Å². The van der Waals surface area contributed by atoms with E-state index in [1.165, 1.54) is 6.07 Å². The van der Waals surface area contributed by atoms with E-state index in [2.05, 4.69) is 10.6 Å². The van der Waals surface area contributed by atoms with Gasteiger partial charge in [-0.3, -0.25) is 14.9 Å². The van der Waals surface area contributed by atoms with Crippen LogP contribution in [0.2, 0.25) is 0 Å². The van der Waals surface area contributed by atoms with Crippen LogP contribution in [0.1, 0.15) is 24.5 Å². The molecule has 0 aliphatic heterocycles. The first-order valence-electron chi connectivity index (χ1n) is 6.30. The molecule has 2 amide bonds. The highest BCUT2D eigenvalue weighted by atomic mass is 16.6. The largest absolute Gasteiger partial charge is 0.481 e. The molecule has 0 aliphatic carbocycles. The van der Waals surface area contributed by atoms with Crippen molar-refractivity contribution in [3.05, 3.63) is 39.4 Å². The van der Waals surface area contributed by atoms with Crippen LogP contribution in [-0.4, -0.2) is 28.1 Å². The van der Waals surface area contributed by atoms with Crippen molar-refractivity contribution in [1.29, 1.82) is 0 Å². The summed E-state index contributed by atoms with van der Waals surface area (Å²) in [6, 6.07) is 3.60. The minimum absolute atomic E-state index is 0.00560. The summed E-state index contributed by atoms with van der Waals surface area (Å²) in [6.45, 7) is 3.31. The van der Waals surface area contributed by atoms with Crippen LogP contribution in [0.5, 0.6) is 0 Å². The Morgan fingerprint density at radius 2 is 2.10 bits per heavy atom. The van der Waals surface area contributed by atoms with Crippen molar-refractivity contribution in [2.75, 3.05) is 0 Å². The molecule has 8 nitrogen and oxygen atoms in total. The van der Waals surface area contributed by atoms with Gasteiger partial charge in [0.2, 0.25) is 0 Å². The zero-order valence-corrected chi connectivity index (χ0v) is 11.8. The number of benzene rings is 1. The van der Waals surface area contributed by atoms with Crippen LogP contribution in [0, 0.1) is 17.0 Å². The molecule has 1 unspecified atom stereocenters. The number of carboxylic acids is 1. The number of rotatable bonds is 6. The predicted molar refractivity (Wildman–Crippen MR) is 74.9 cm³/mol. The Hall–Kier alpha value is -2.64. The van der Waals surface area contributed by atoms with E-state index in [0.29, 0.717) is 11.1 Å². The molecule has 1 atom stereocenters.